The molecule has 0 unspecified atom stereocenters. The van der Waals surface area contributed by atoms with E-state index in [0.29, 0.717) is 0 Å². The van der Waals surface area contributed by atoms with Crippen LogP contribution in [0.2, 0.25) is 0 Å². The molecule has 0 aromatic rings. The van der Waals surface area contributed by atoms with Crippen molar-refractivity contribution in [3.63, 3.8) is 0 Å². The average Bonchev–Trinajstić information content (AvgIpc) is 2.28. The van der Waals surface area contributed by atoms with Crippen LogP contribution in [0.5, 0.6) is 0 Å². The van der Waals surface area contributed by atoms with Gasteiger partial charge in [-0.1, -0.05) is 0 Å². The number of carbonyl (C=O) groups excluding carboxylic acids is 1. The molecule has 0 aliphatic heterocycles. The molecule has 1 fully saturated rings. The Balaban J connectivity index is 2.51. The van der Waals surface area contributed by atoms with Crippen molar-refractivity contribution in [3.05, 3.63) is 0 Å². The Morgan fingerprint density at radius 2 is 1.86 bits per heavy atom. The molecular weight excluding hydrogens is 284 g/mol. The van der Waals surface area contributed by atoms with Gasteiger partial charge in [0.2, 0.25) is 5.92 Å². The van der Waals surface area contributed by atoms with Crippen LogP contribution in [0.3, 0.4) is 0 Å². The standard InChI is InChI=1S/C14H23F2NO4/c1-13(2,3)21-12(20)17-10(11(18)19)8-9-4-6-14(15,16)7-5-9/h9-10H,4-8H2,1-3H3,(H,17,20)(H,18,19)/t10-/m0/s1. The summed E-state index contributed by atoms with van der Waals surface area (Å²) in [5.74, 6) is -3.95. The van der Waals surface area contributed by atoms with E-state index in [1.807, 2.05) is 0 Å². The fraction of sp³-hybridized carbons (Fsp3) is 0.857. The normalized spacial score (nSPS) is 20.6. The lowest BCUT2D eigenvalue weighted by Gasteiger charge is -2.30. The molecule has 2 N–H and O–H groups in total. The van der Waals surface area contributed by atoms with Gasteiger partial charge in [-0.25, -0.2) is 18.4 Å². The monoisotopic (exact) mass is 307 g/mol. The highest BCUT2D eigenvalue weighted by atomic mass is 19.3. The summed E-state index contributed by atoms with van der Waals surface area (Å²) in [4.78, 5) is 22.8. The Morgan fingerprint density at radius 1 is 1.33 bits per heavy atom. The summed E-state index contributed by atoms with van der Waals surface area (Å²) in [5, 5.41) is 11.4. The van der Waals surface area contributed by atoms with Crippen molar-refractivity contribution in [2.24, 2.45) is 5.92 Å². The molecule has 0 spiro atoms. The second-order valence-corrected chi connectivity index (χ2v) is 6.57. The van der Waals surface area contributed by atoms with E-state index in [0.717, 1.165) is 0 Å². The summed E-state index contributed by atoms with van der Waals surface area (Å²) in [6, 6.07) is -1.11. The number of rotatable bonds is 4. The van der Waals surface area contributed by atoms with Crippen LogP contribution in [-0.2, 0) is 9.53 Å². The summed E-state index contributed by atoms with van der Waals surface area (Å²) in [5.41, 5.74) is -0.722. The maximum Gasteiger partial charge on any atom is 0.408 e. The fourth-order valence-corrected chi connectivity index (χ4v) is 2.34. The molecule has 0 aromatic carbocycles. The van der Waals surface area contributed by atoms with Crippen molar-refractivity contribution in [1.82, 2.24) is 5.32 Å². The molecule has 1 aliphatic rings. The van der Waals surface area contributed by atoms with Gasteiger partial charge in [0.15, 0.2) is 0 Å². The Morgan fingerprint density at radius 3 is 2.29 bits per heavy atom. The maximum absolute atomic E-state index is 13.1. The van der Waals surface area contributed by atoms with Crippen LogP contribution in [0.1, 0.15) is 52.9 Å². The number of carboxylic acids is 1. The summed E-state index contributed by atoms with van der Waals surface area (Å²) < 4.78 is 31.1. The minimum absolute atomic E-state index is 0.124. The van der Waals surface area contributed by atoms with Gasteiger partial charge in [-0.3, -0.25) is 0 Å². The average molecular weight is 307 g/mol. The number of ether oxygens (including phenoxy) is 1. The van der Waals surface area contributed by atoms with Gasteiger partial charge in [-0.15, -0.1) is 0 Å². The maximum atomic E-state index is 13.1. The molecule has 1 amide bonds. The smallest absolute Gasteiger partial charge is 0.408 e. The Bertz CT molecular complexity index is 383. The van der Waals surface area contributed by atoms with E-state index >= 15 is 0 Å². The van der Waals surface area contributed by atoms with Crippen molar-refractivity contribution < 1.29 is 28.2 Å². The number of nitrogens with one attached hydrogen (secondary N) is 1. The highest BCUT2D eigenvalue weighted by Gasteiger charge is 2.36. The second kappa shape index (κ2) is 6.58. The van der Waals surface area contributed by atoms with Crippen LogP contribution < -0.4 is 5.32 Å². The van der Waals surface area contributed by atoms with Gasteiger partial charge in [-0.05, 0) is 46.0 Å². The van der Waals surface area contributed by atoms with Crippen LogP contribution in [0.25, 0.3) is 0 Å². The lowest BCUT2D eigenvalue weighted by atomic mass is 9.83. The predicted octanol–water partition coefficient (Wildman–Crippen LogP) is 3.18. The largest absolute Gasteiger partial charge is 0.480 e. The molecule has 7 heteroatoms. The number of carboxylic acid groups (broad SMARTS) is 1. The minimum Gasteiger partial charge on any atom is -0.480 e. The molecular formula is C14H23F2NO4. The van der Waals surface area contributed by atoms with Gasteiger partial charge in [0, 0.05) is 12.8 Å². The number of alkyl carbamates (subject to hydrolysis) is 1. The number of aliphatic carboxylic acids is 1. The van der Waals surface area contributed by atoms with Crippen LogP contribution in [0, 0.1) is 5.92 Å². The molecule has 21 heavy (non-hydrogen) atoms. The topological polar surface area (TPSA) is 75.6 Å². The lowest BCUT2D eigenvalue weighted by molar-refractivity contribution is -0.140. The van der Waals surface area contributed by atoms with Crippen molar-refractivity contribution >= 4 is 12.1 Å². The molecule has 1 aliphatic carbocycles. The van der Waals surface area contributed by atoms with E-state index in [-0.39, 0.29) is 38.0 Å². The van der Waals surface area contributed by atoms with Crippen LogP contribution in [-0.4, -0.2) is 34.7 Å². The lowest BCUT2D eigenvalue weighted by Crippen LogP contribution is -2.45. The molecule has 0 aromatic heterocycles. The van der Waals surface area contributed by atoms with Gasteiger partial charge in [0.05, 0.1) is 0 Å². The van der Waals surface area contributed by atoms with E-state index in [1.54, 1.807) is 20.8 Å². The third-order valence-electron chi connectivity index (χ3n) is 3.39. The first-order chi connectivity index (χ1) is 9.48. The highest BCUT2D eigenvalue weighted by Crippen LogP contribution is 2.37. The Labute approximate surface area is 123 Å². The number of hydrogen-bond acceptors (Lipinski definition) is 3. The zero-order valence-corrected chi connectivity index (χ0v) is 12.6. The number of amides is 1. The molecule has 0 bridgehead atoms. The van der Waals surface area contributed by atoms with Gasteiger partial charge in [0.25, 0.3) is 0 Å². The molecule has 5 nitrogen and oxygen atoms in total. The van der Waals surface area contributed by atoms with E-state index in [1.165, 1.54) is 0 Å². The van der Waals surface area contributed by atoms with E-state index < -0.39 is 29.6 Å². The molecule has 1 saturated carbocycles. The highest BCUT2D eigenvalue weighted by molar-refractivity contribution is 5.80. The van der Waals surface area contributed by atoms with Gasteiger partial charge >= 0.3 is 12.1 Å². The van der Waals surface area contributed by atoms with Gasteiger partial charge in [-0.2, -0.15) is 0 Å². The molecule has 122 valence electrons. The summed E-state index contributed by atoms with van der Waals surface area (Å²) >= 11 is 0. The molecule has 0 saturated heterocycles. The third kappa shape index (κ3) is 6.73. The number of alkyl halides is 2. The fourth-order valence-electron chi connectivity index (χ4n) is 2.34. The second-order valence-electron chi connectivity index (χ2n) is 6.57. The molecule has 0 radical (unpaired) electrons. The number of hydrogen-bond donors (Lipinski definition) is 2. The first-order valence-electron chi connectivity index (χ1n) is 7.09. The number of halogens is 2. The van der Waals surface area contributed by atoms with Crippen molar-refractivity contribution in [1.29, 1.82) is 0 Å². The van der Waals surface area contributed by atoms with Crippen molar-refractivity contribution in [3.8, 4) is 0 Å². The SMILES string of the molecule is CC(C)(C)OC(=O)N[C@@H](CC1CCC(F)(F)CC1)C(=O)O. The molecule has 1 atom stereocenters. The first kappa shape index (κ1) is 17.7. The molecule has 1 rings (SSSR count). The zero-order valence-electron chi connectivity index (χ0n) is 12.6. The molecule has 0 heterocycles. The van der Waals surface area contributed by atoms with Gasteiger partial charge in [0.1, 0.15) is 11.6 Å². The van der Waals surface area contributed by atoms with Gasteiger partial charge < -0.3 is 15.2 Å². The van der Waals surface area contributed by atoms with E-state index in [9.17, 15) is 18.4 Å². The summed E-state index contributed by atoms with van der Waals surface area (Å²) in [6.07, 6.45) is -0.576. The van der Waals surface area contributed by atoms with Crippen molar-refractivity contribution in [2.45, 2.75) is 70.4 Å². The Hall–Kier alpha value is -1.40. The zero-order chi connectivity index (χ0) is 16.3. The van der Waals surface area contributed by atoms with Crippen LogP contribution in [0.4, 0.5) is 13.6 Å². The minimum atomic E-state index is -2.65. The van der Waals surface area contributed by atoms with Crippen LogP contribution in [0.15, 0.2) is 0 Å². The van der Waals surface area contributed by atoms with E-state index in [2.05, 4.69) is 5.32 Å². The van der Waals surface area contributed by atoms with E-state index in [4.69, 9.17) is 9.84 Å². The summed E-state index contributed by atoms with van der Waals surface area (Å²) in [6.45, 7) is 5.02. The first-order valence-corrected chi connectivity index (χ1v) is 7.09. The quantitative estimate of drug-likeness (QED) is 0.836. The van der Waals surface area contributed by atoms with Crippen LogP contribution >= 0.6 is 0 Å². The Kier molecular flexibility index (Phi) is 5.53. The predicted molar refractivity (Wildman–Crippen MR) is 72.3 cm³/mol. The number of carbonyl (C=O) groups is 2. The third-order valence-corrected chi connectivity index (χ3v) is 3.39. The summed E-state index contributed by atoms with van der Waals surface area (Å²) in [7, 11) is 0. The van der Waals surface area contributed by atoms with Crippen molar-refractivity contribution in [2.75, 3.05) is 0 Å².